The minimum Gasteiger partial charge on any atom is -0.309 e. The Kier molecular flexibility index (Phi) is 4.75. The molecular weight excluding hydrogens is 230 g/mol. The Balaban J connectivity index is 2.04. The SMILES string of the molecule is CS(=O)CCNC1CCCCc2ccccc21. The zero-order valence-electron chi connectivity index (χ0n) is 10.4. The molecule has 1 aliphatic carbocycles. The third kappa shape index (κ3) is 3.65. The molecule has 0 bridgehead atoms. The Morgan fingerprint density at radius 1 is 1.35 bits per heavy atom. The molecule has 2 atom stereocenters. The number of hydrogen-bond donors (Lipinski definition) is 1. The summed E-state index contributed by atoms with van der Waals surface area (Å²) >= 11 is 0. The number of rotatable bonds is 4. The van der Waals surface area contributed by atoms with E-state index in [9.17, 15) is 4.21 Å². The lowest BCUT2D eigenvalue weighted by Gasteiger charge is -2.19. The molecule has 2 unspecified atom stereocenters. The van der Waals surface area contributed by atoms with Crippen LogP contribution in [0.1, 0.15) is 36.4 Å². The Morgan fingerprint density at radius 3 is 3.00 bits per heavy atom. The minimum atomic E-state index is -0.695. The summed E-state index contributed by atoms with van der Waals surface area (Å²) in [5.74, 6) is 0.749. The van der Waals surface area contributed by atoms with Gasteiger partial charge in [-0.1, -0.05) is 30.7 Å². The van der Waals surface area contributed by atoms with Crippen molar-refractivity contribution < 1.29 is 4.21 Å². The predicted molar refractivity (Wildman–Crippen MR) is 73.7 cm³/mol. The number of hydrogen-bond acceptors (Lipinski definition) is 2. The molecule has 0 radical (unpaired) electrons. The molecule has 0 aliphatic heterocycles. The highest BCUT2D eigenvalue weighted by Gasteiger charge is 2.17. The fraction of sp³-hybridized carbons (Fsp3) is 0.571. The van der Waals surface area contributed by atoms with Gasteiger partial charge in [-0.2, -0.15) is 0 Å². The first kappa shape index (κ1) is 12.8. The Labute approximate surface area is 106 Å². The van der Waals surface area contributed by atoms with Gasteiger partial charge in [0.1, 0.15) is 0 Å². The van der Waals surface area contributed by atoms with E-state index in [1.807, 2.05) is 0 Å². The van der Waals surface area contributed by atoms with Crippen molar-refractivity contribution in [2.45, 2.75) is 31.7 Å². The molecule has 17 heavy (non-hydrogen) atoms. The Bertz CT molecular complexity index is 392. The van der Waals surface area contributed by atoms with Crippen LogP contribution in [0.5, 0.6) is 0 Å². The quantitative estimate of drug-likeness (QED) is 0.833. The fourth-order valence-corrected chi connectivity index (χ4v) is 2.92. The van der Waals surface area contributed by atoms with Crippen molar-refractivity contribution >= 4 is 10.8 Å². The maximum Gasteiger partial charge on any atom is 0.0357 e. The van der Waals surface area contributed by atoms with E-state index >= 15 is 0 Å². The highest BCUT2D eigenvalue weighted by molar-refractivity contribution is 7.84. The second-order valence-corrected chi connectivity index (χ2v) is 6.28. The van der Waals surface area contributed by atoms with Crippen molar-refractivity contribution in [1.29, 1.82) is 0 Å². The lowest BCUT2D eigenvalue weighted by molar-refractivity contribution is 0.504. The molecule has 2 rings (SSSR count). The van der Waals surface area contributed by atoms with E-state index in [0.29, 0.717) is 6.04 Å². The van der Waals surface area contributed by atoms with Crippen LogP contribution in [-0.4, -0.2) is 22.8 Å². The summed E-state index contributed by atoms with van der Waals surface area (Å²) in [4.78, 5) is 0. The van der Waals surface area contributed by atoms with E-state index in [1.165, 1.54) is 36.8 Å². The van der Waals surface area contributed by atoms with Crippen LogP contribution in [0, 0.1) is 0 Å². The first-order chi connectivity index (χ1) is 8.27. The van der Waals surface area contributed by atoms with E-state index in [-0.39, 0.29) is 0 Å². The largest absolute Gasteiger partial charge is 0.309 e. The summed E-state index contributed by atoms with van der Waals surface area (Å²) < 4.78 is 11.1. The monoisotopic (exact) mass is 251 g/mol. The molecule has 1 aromatic carbocycles. The summed E-state index contributed by atoms with van der Waals surface area (Å²) in [7, 11) is -0.695. The smallest absolute Gasteiger partial charge is 0.0357 e. The lowest BCUT2D eigenvalue weighted by Crippen LogP contribution is -2.25. The van der Waals surface area contributed by atoms with E-state index in [1.54, 1.807) is 6.26 Å². The van der Waals surface area contributed by atoms with Crippen LogP contribution in [0.25, 0.3) is 0 Å². The third-order valence-electron chi connectivity index (χ3n) is 3.40. The zero-order valence-corrected chi connectivity index (χ0v) is 11.3. The topological polar surface area (TPSA) is 29.1 Å². The van der Waals surface area contributed by atoms with Crippen molar-refractivity contribution in [2.24, 2.45) is 0 Å². The van der Waals surface area contributed by atoms with Gasteiger partial charge in [0.05, 0.1) is 0 Å². The zero-order chi connectivity index (χ0) is 12.1. The Hall–Kier alpha value is -0.670. The highest BCUT2D eigenvalue weighted by Crippen LogP contribution is 2.28. The van der Waals surface area contributed by atoms with Crippen LogP contribution >= 0.6 is 0 Å². The molecular formula is C14H21NOS. The van der Waals surface area contributed by atoms with Gasteiger partial charge in [0.25, 0.3) is 0 Å². The van der Waals surface area contributed by atoms with Crippen molar-refractivity contribution in [3.05, 3.63) is 35.4 Å². The second-order valence-electron chi connectivity index (χ2n) is 4.73. The van der Waals surface area contributed by atoms with Gasteiger partial charge < -0.3 is 5.32 Å². The van der Waals surface area contributed by atoms with E-state index in [2.05, 4.69) is 29.6 Å². The fourth-order valence-electron chi connectivity index (χ4n) is 2.51. The number of fused-ring (bicyclic) bond motifs is 1. The summed E-state index contributed by atoms with van der Waals surface area (Å²) in [5.41, 5.74) is 2.94. The molecule has 2 nitrogen and oxygen atoms in total. The average Bonchev–Trinajstić information content (AvgIpc) is 2.52. The van der Waals surface area contributed by atoms with Gasteiger partial charge in [-0.3, -0.25) is 4.21 Å². The van der Waals surface area contributed by atoms with Crippen LogP contribution in [0.4, 0.5) is 0 Å². The molecule has 0 fully saturated rings. The standard InChI is InChI=1S/C14H21NOS/c1-17(16)11-10-15-14-9-5-3-7-12-6-2-4-8-13(12)14/h2,4,6,8,14-15H,3,5,7,9-11H2,1H3. The molecule has 3 heteroatoms. The van der Waals surface area contributed by atoms with Crippen LogP contribution in [-0.2, 0) is 17.2 Å². The Morgan fingerprint density at radius 2 is 2.18 bits per heavy atom. The van der Waals surface area contributed by atoms with Gasteiger partial charge in [0, 0.05) is 35.4 Å². The lowest BCUT2D eigenvalue weighted by atomic mass is 9.99. The molecule has 1 N–H and O–H groups in total. The van der Waals surface area contributed by atoms with E-state index in [0.717, 1.165) is 12.3 Å². The highest BCUT2D eigenvalue weighted by atomic mass is 32.2. The van der Waals surface area contributed by atoms with Gasteiger partial charge in [-0.25, -0.2) is 0 Å². The van der Waals surface area contributed by atoms with Gasteiger partial charge >= 0.3 is 0 Å². The number of nitrogens with one attached hydrogen (secondary N) is 1. The molecule has 0 heterocycles. The molecule has 1 aliphatic rings. The van der Waals surface area contributed by atoms with E-state index < -0.39 is 10.8 Å². The molecule has 94 valence electrons. The second kappa shape index (κ2) is 6.31. The van der Waals surface area contributed by atoms with Crippen LogP contribution in [0.2, 0.25) is 0 Å². The molecule has 0 amide bonds. The first-order valence-electron chi connectivity index (χ1n) is 6.38. The van der Waals surface area contributed by atoms with Crippen molar-refractivity contribution in [2.75, 3.05) is 18.6 Å². The average molecular weight is 251 g/mol. The number of aryl methyl sites for hydroxylation is 1. The molecule has 0 spiro atoms. The van der Waals surface area contributed by atoms with E-state index in [4.69, 9.17) is 0 Å². The first-order valence-corrected chi connectivity index (χ1v) is 8.11. The van der Waals surface area contributed by atoms with Crippen molar-refractivity contribution in [1.82, 2.24) is 5.32 Å². The van der Waals surface area contributed by atoms with Gasteiger partial charge in [0.15, 0.2) is 0 Å². The van der Waals surface area contributed by atoms with Crippen molar-refractivity contribution in [3.63, 3.8) is 0 Å². The number of benzene rings is 1. The normalized spacial score (nSPS) is 21.6. The summed E-state index contributed by atoms with van der Waals surface area (Å²) in [6.07, 6.45) is 6.74. The van der Waals surface area contributed by atoms with Crippen LogP contribution < -0.4 is 5.32 Å². The van der Waals surface area contributed by atoms with Gasteiger partial charge in [-0.15, -0.1) is 0 Å². The maximum atomic E-state index is 11.1. The molecule has 0 aromatic heterocycles. The maximum absolute atomic E-state index is 11.1. The van der Waals surface area contributed by atoms with Crippen LogP contribution in [0.3, 0.4) is 0 Å². The van der Waals surface area contributed by atoms with Crippen molar-refractivity contribution in [3.8, 4) is 0 Å². The molecule has 0 saturated carbocycles. The summed E-state index contributed by atoms with van der Waals surface area (Å²) in [6.45, 7) is 0.849. The summed E-state index contributed by atoms with van der Waals surface area (Å²) in [6, 6.07) is 9.19. The third-order valence-corrected chi connectivity index (χ3v) is 4.18. The van der Waals surface area contributed by atoms with Gasteiger partial charge in [-0.05, 0) is 30.4 Å². The molecule has 1 aromatic rings. The molecule has 0 saturated heterocycles. The minimum absolute atomic E-state index is 0.456. The van der Waals surface area contributed by atoms with Crippen LogP contribution in [0.15, 0.2) is 24.3 Å². The van der Waals surface area contributed by atoms with Gasteiger partial charge in [0.2, 0.25) is 0 Å². The summed E-state index contributed by atoms with van der Waals surface area (Å²) in [5, 5.41) is 3.56. The predicted octanol–water partition coefficient (Wildman–Crippen LogP) is 2.42.